The first-order valence-electron chi connectivity index (χ1n) is 7.78. The van der Waals surface area contributed by atoms with Gasteiger partial charge in [-0.1, -0.05) is 54.1 Å². The third-order valence-corrected chi connectivity index (χ3v) is 5.24. The van der Waals surface area contributed by atoms with Gasteiger partial charge in [0.15, 0.2) is 0 Å². The molecule has 4 nitrogen and oxygen atoms in total. The number of aromatic nitrogens is 1. The first-order valence-corrected chi connectivity index (χ1v) is 8.98. The minimum absolute atomic E-state index is 0.198. The van der Waals surface area contributed by atoms with Crippen LogP contribution in [-0.2, 0) is 0 Å². The average molecular weight is 373 g/mol. The number of hydrogen-bond donors (Lipinski definition) is 2. The number of aryl methyl sites for hydroxylation is 1. The molecule has 0 aliphatic heterocycles. The molecular formula is C19H17ClN2O2S. The highest BCUT2D eigenvalue weighted by Gasteiger charge is 2.20. The SMILES string of the molecule is Cc1nc(-c2ccccc2)sc1C(=O)N[C@@H](CO)c1ccc(Cl)cc1. The molecule has 25 heavy (non-hydrogen) atoms. The van der Waals surface area contributed by atoms with Crippen LogP contribution in [0.1, 0.15) is 27.0 Å². The average Bonchev–Trinajstić information content (AvgIpc) is 3.03. The molecule has 0 saturated carbocycles. The molecule has 2 N–H and O–H groups in total. The predicted molar refractivity (Wildman–Crippen MR) is 101 cm³/mol. The summed E-state index contributed by atoms with van der Waals surface area (Å²) in [6, 6.07) is 16.3. The zero-order chi connectivity index (χ0) is 17.8. The number of benzene rings is 2. The van der Waals surface area contributed by atoms with Gasteiger partial charge in [0.05, 0.1) is 18.3 Å². The van der Waals surface area contributed by atoms with E-state index in [4.69, 9.17) is 11.6 Å². The second-order valence-corrected chi connectivity index (χ2v) is 7.00. The maximum absolute atomic E-state index is 12.6. The summed E-state index contributed by atoms with van der Waals surface area (Å²) >= 11 is 7.23. The van der Waals surface area contributed by atoms with E-state index < -0.39 is 6.04 Å². The second kappa shape index (κ2) is 7.78. The molecule has 0 spiro atoms. The van der Waals surface area contributed by atoms with Crippen molar-refractivity contribution in [3.63, 3.8) is 0 Å². The first kappa shape index (κ1) is 17.6. The molecule has 3 rings (SSSR count). The lowest BCUT2D eigenvalue weighted by molar-refractivity contribution is 0.0919. The summed E-state index contributed by atoms with van der Waals surface area (Å²) in [6.45, 7) is 1.62. The van der Waals surface area contributed by atoms with Crippen LogP contribution < -0.4 is 5.32 Å². The summed E-state index contributed by atoms with van der Waals surface area (Å²) in [5.74, 6) is -0.244. The van der Waals surface area contributed by atoms with Crippen LogP contribution in [-0.4, -0.2) is 22.6 Å². The maximum Gasteiger partial charge on any atom is 0.263 e. The maximum atomic E-state index is 12.6. The van der Waals surface area contributed by atoms with Gasteiger partial charge in [0.2, 0.25) is 0 Å². The van der Waals surface area contributed by atoms with E-state index in [9.17, 15) is 9.90 Å². The smallest absolute Gasteiger partial charge is 0.263 e. The van der Waals surface area contributed by atoms with Gasteiger partial charge in [-0.25, -0.2) is 4.98 Å². The Labute approximate surface area is 155 Å². The van der Waals surface area contributed by atoms with Crippen molar-refractivity contribution in [3.8, 4) is 10.6 Å². The zero-order valence-corrected chi connectivity index (χ0v) is 15.1. The van der Waals surface area contributed by atoms with Crippen LogP contribution in [0.4, 0.5) is 0 Å². The third-order valence-electron chi connectivity index (χ3n) is 3.78. The number of carbonyl (C=O) groups is 1. The zero-order valence-electron chi connectivity index (χ0n) is 13.6. The fourth-order valence-corrected chi connectivity index (χ4v) is 3.57. The lowest BCUT2D eigenvalue weighted by Crippen LogP contribution is -2.30. The third kappa shape index (κ3) is 4.07. The molecule has 1 amide bonds. The van der Waals surface area contributed by atoms with E-state index in [1.165, 1.54) is 11.3 Å². The van der Waals surface area contributed by atoms with E-state index in [1.54, 1.807) is 24.3 Å². The molecule has 1 aromatic heterocycles. The fraction of sp³-hybridized carbons (Fsp3) is 0.158. The quantitative estimate of drug-likeness (QED) is 0.704. The highest BCUT2D eigenvalue weighted by atomic mass is 35.5. The molecule has 3 aromatic rings. The molecule has 128 valence electrons. The van der Waals surface area contributed by atoms with Gasteiger partial charge >= 0.3 is 0 Å². The molecule has 6 heteroatoms. The highest BCUT2D eigenvalue weighted by Crippen LogP contribution is 2.28. The van der Waals surface area contributed by atoms with Crippen LogP contribution in [0.2, 0.25) is 5.02 Å². The van der Waals surface area contributed by atoms with Crippen LogP contribution >= 0.6 is 22.9 Å². The predicted octanol–water partition coefficient (Wildman–Crippen LogP) is 4.24. The first-order chi connectivity index (χ1) is 12.1. The van der Waals surface area contributed by atoms with Crippen molar-refractivity contribution in [1.82, 2.24) is 10.3 Å². The Morgan fingerprint density at radius 1 is 1.20 bits per heavy atom. The van der Waals surface area contributed by atoms with Crippen molar-refractivity contribution < 1.29 is 9.90 Å². The van der Waals surface area contributed by atoms with E-state index in [0.29, 0.717) is 15.6 Å². The molecule has 0 bridgehead atoms. The van der Waals surface area contributed by atoms with Crippen molar-refractivity contribution in [2.45, 2.75) is 13.0 Å². The molecule has 0 aliphatic carbocycles. The van der Waals surface area contributed by atoms with Crippen LogP contribution in [0, 0.1) is 6.92 Å². The van der Waals surface area contributed by atoms with E-state index in [0.717, 1.165) is 16.1 Å². The van der Waals surface area contributed by atoms with Gasteiger partial charge in [0.25, 0.3) is 5.91 Å². The summed E-state index contributed by atoms with van der Waals surface area (Å²) in [6.07, 6.45) is 0. The van der Waals surface area contributed by atoms with Crippen molar-refractivity contribution in [2.75, 3.05) is 6.61 Å². The topological polar surface area (TPSA) is 62.2 Å². The number of amides is 1. The Kier molecular flexibility index (Phi) is 5.48. The Bertz CT molecular complexity index is 863. The number of aliphatic hydroxyl groups is 1. The highest BCUT2D eigenvalue weighted by molar-refractivity contribution is 7.17. The van der Waals surface area contributed by atoms with E-state index in [1.807, 2.05) is 37.3 Å². The van der Waals surface area contributed by atoms with Crippen LogP contribution in [0.25, 0.3) is 10.6 Å². The van der Waals surface area contributed by atoms with Gasteiger partial charge in [-0.05, 0) is 24.6 Å². The molecule has 0 radical (unpaired) electrons. The summed E-state index contributed by atoms with van der Waals surface area (Å²) in [4.78, 5) is 17.7. The van der Waals surface area contributed by atoms with E-state index in [2.05, 4.69) is 10.3 Å². The number of thiazole rings is 1. The van der Waals surface area contributed by atoms with Crippen LogP contribution in [0.3, 0.4) is 0 Å². The summed E-state index contributed by atoms with van der Waals surface area (Å²) in [5, 5.41) is 13.9. The largest absolute Gasteiger partial charge is 0.394 e. The number of nitrogens with zero attached hydrogens (tertiary/aromatic N) is 1. The Morgan fingerprint density at radius 3 is 2.52 bits per heavy atom. The van der Waals surface area contributed by atoms with Crippen LogP contribution in [0.15, 0.2) is 54.6 Å². The van der Waals surface area contributed by atoms with Gasteiger partial charge in [0, 0.05) is 10.6 Å². The monoisotopic (exact) mass is 372 g/mol. The normalized spacial score (nSPS) is 12.0. The lowest BCUT2D eigenvalue weighted by atomic mass is 10.1. The fourth-order valence-electron chi connectivity index (χ4n) is 2.46. The number of hydrogen-bond acceptors (Lipinski definition) is 4. The molecule has 0 fully saturated rings. The molecule has 2 aromatic carbocycles. The second-order valence-electron chi connectivity index (χ2n) is 5.56. The number of aliphatic hydroxyl groups excluding tert-OH is 1. The number of halogens is 1. The van der Waals surface area contributed by atoms with Gasteiger partial charge in [0.1, 0.15) is 9.88 Å². The number of nitrogens with one attached hydrogen (secondary N) is 1. The molecular weight excluding hydrogens is 356 g/mol. The lowest BCUT2D eigenvalue weighted by Gasteiger charge is -2.16. The van der Waals surface area contributed by atoms with Crippen LogP contribution in [0.5, 0.6) is 0 Å². The van der Waals surface area contributed by atoms with E-state index >= 15 is 0 Å². The van der Waals surface area contributed by atoms with Gasteiger partial charge in [-0.2, -0.15) is 0 Å². The summed E-state index contributed by atoms with van der Waals surface area (Å²) in [7, 11) is 0. The Hall–Kier alpha value is -2.21. The number of carbonyl (C=O) groups excluding carboxylic acids is 1. The minimum atomic E-state index is -0.494. The Morgan fingerprint density at radius 2 is 1.88 bits per heavy atom. The van der Waals surface area contributed by atoms with Crippen molar-refractivity contribution >= 4 is 28.8 Å². The summed E-state index contributed by atoms with van der Waals surface area (Å²) < 4.78 is 0. The molecule has 0 unspecified atom stereocenters. The van der Waals surface area contributed by atoms with Crippen molar-refractivity contribution in [2.24, 2.45) is 0 Å². The van der Waals surface area contributed by atoms with E-state index in [-0.39, 0.29) is 12.5 Å². The van der Waals surface area contributed by atoms with Gasteiger partial charge in [-0.3, -0.25) is 4.79 Å². The van der Waals surface area contributed by atoms with Gasteiger partial charge < -0.3 is 10.4 Å². The Balaban J connectivity index is 1.81. The summed E-state index contributed by atoms with van der Waals surface area (Å²) in [5.41, 5.74) is 2.45. The molecule has 1 heterocycles. The molecule has 0 aliphatic rings. The standard InChI is InChI=1S/C19H17ClN2O2S/c1-12-17(25-19(21-12)14-5-3-2-4-6-14)18(24)22-16(11-23)13-7-9-15(20)10-8-13/h2-10,16,23H,11H2,1H3,(H,22,24)/t16-/m0/s1. The van der Waals surface area contributed by atoms with Gasteiger partial charge in [-0.15, -0.1) is 11.3 Å². The molecule has 0 saturated heterocycles. The minimum Gasteiger partial charge on any atom is -0.394 e. The van der Waals surface area contributed by atoms with Crippen molar-refractivity contribution in [1.29, 1.82) is 0 Å². The van der Waals surface area contributed by atoms with Crippen molar-refractivity contribution in [3.05, 3.63) is 75.8 Å². The number of rotatable bonds is 5. The molecule has 1 atom stereocenters.